The van der Waals surface area contributed by atoms with Crippen LogP contribution in [0, 0.1) is 6.92 Å². The largest absolute Gasteiger partial charge is 0.484 e. The Morgan fingerprint density at radius 1 is 0.974 bits per heavy atom. The summed E-state index contributed by atoms with van der Waals surface area (Å²) in [6.45, 7) is 1.95. The SMILES string of the molecule is Cc1ccc(OCC(=O)N(Cc2ccc(Cl)cc2Cl)C(Cc2ccccc2)C(=O)NC2CCCCC2)cc1. The lowest BCUT2D eigenvalue weighted by atomic mass is 9.94. The normalized spacial score (nSPS) is 14.5. The molecule has 3 aromatic rings. The van der Waals surface area contributed by atoms with Gasteiger partial charge in [-0.1, -0.05) is 96.6 Å². The molecule has 7 heteroatoms. The zero-order valence-corrected chi connectivity index (χ0v) is 23.2. The molecule has 2 amide bonds. The van der Waals surface area contributed by atoms with Crippen LogP contribution in [0.5, 0.6) is 5.75 Å². The van der Waals surface area contributed by atoms with E-state index in [1.165, 1.54) is 6.42 Å². The highest BCUT2D eigenvalue weighted by Gasteiger charge is 2.32. The third kappa shape index (κ3) is 7.99. The summed E-state index contributed by atoms with van der Waals surface area (Å²) in [6, 6.07) is 21.9. The summed E-state index contributed by atoms with van der Waals surface area (Å²) in [5.41, 5.74) is 2.78. The third-order valence-corrected chi connectivity index (χ3v) is 7.55. The highest BCUT2D eigenvalue weighted by Crippen LogP contribution is 2.25. The van der Waals surface area contributed by atoms with Crippen LogP contribution in [0.25, 0.3) is 0 Å². The van der Waals surface area contributed by atoms with Crippen LogP contribution in [-0.2, 0) is 22.6 Å². The number of hydrogen-bond acceptors (Lipinski definition) is 3. The molecule has 1 N–H and O–H groups in total. The number of aryl methyl sites for hydroxylation is 1. The molecule has 1 unspecified atom stereocenters. The van der Waals surface area contributed by atoms with Gasteiger partial charge in [-0.15, -0.1) is 0 Å². The van der Waals surface area contributed by atoms with E-state index in [4.69, 9.17) is 27.9 Å². The molecular formula is C31H34Cl2N2O3. The van der Waals surface area contributed by atoms with Gasteiger partial charge in [0.05, 0.1) is 0 Å². The smallest absolute Gasteiger partial charge is 0.261 e. The van der Waals surface area contributed by atoms with Crippen LogP contribution in [0.2, 0.25) is 10.0 Å². The minimum atomic E-state index is -0.736. The fraction of sp³-hybridized carbons (Fsp3) is 0.355. The first-order valence-corrected chi connectivity index (χ1v) is 13.9. The fourth-order valence-electron chi connectivity index (χ4n) is 4.79. The third-order valence-electron chi connectivity index (χ3n) is 6.96. The summed E-state index contributed by atoms with van der Waals surface area (Å²) in [4.78, 5) is 29.1. The van der Waals surface area contributed by atoms with Crippen LogP contribution < -0.4 is 10.1 Å². The van der Waals surface area contributed by atoms with Gasteiger partial charge in [0, 0.05) is 29.1 Å². The minimum Gasteiger partial charge on any atom is -0.484 e. The standard InChI is InChI=1S/C31H34Cl2N2O3/c1-22-12-16-27(17-13-22)38-21-30(36)35(20-24-14-15-25(32)19-28(24)33)29(18-23-8-4-2-5-9-23)31(37)34-26-10-6-3-7-11-26/h2,4-5,8-9,12-17,19,26,29H,3,6-7,10-11,18,20-21H2,1H3,(H,34,37). The van der Waals surface area contributed by atoms with E-state index in [-0.39, 0.29) is 31.0 Å². The molecule has 0 spiro atoms. The first-order chi connectivity index (χ1) is 18.4. The van der Waals surface area contributed by atoms with Gasteiger partial charge in [-0.25, -0.2) is 0 Å². The highest BCUT2D eigenvalue weighted by atomic mass is 35.5. The van der Waals surface area contributed by atoms with Crippen LogP contribution in [0.15, 0.2) is 72.8 Å². The van der Waals surface area contributed by atoms with Crippen molar-refractivity contribution in [1.29, 1.82) is 0 Å². The number of nitrogens with one attached hydrogen (secondary N) is 1. The topological polar surface area (TPSA) is 58.6 Å². The van der Waals surface area contributed by atoms with E-state index in [1.807, 2.05) is 61.5 Å². The zero-order valence-electron chi connectivity index (χ0n) is 21.7. The molecule has 1 saturated carbocycles. The fourth-order valence-corrected chi connectivity index (χ4v) is 5.26. The van der Waals surface area contributed by atoms with Gasteiger partial charge in [0.15, 0.2) is 6.61 Å². The number of hydrogen-bond donors (Lipinski definition) is 1. The van der Waals surface area contributed by atoms with Gasteiger partial charge in [0.2, 0.25) is 5.91 Å². The Bertz CT molecular complexity index is 1210. The van der Waals surface area contributed by atoms with Gasteiger partial charge in [-0.3, -0.25) is 9.59 Å². The zero-order chi connectivity index (χ0) is 26.9. The van der Waals surface area contributed by atoms with Crippen molar-refractivity contribution < 1.29 is 14.3 Å². The van der Waals surface area contributed by atoms with E-state index in [0.717, 1.165) is 36.8 Å². The Balaban J connectivity index is 1.62. The lowest BCUT2D eigenvalue weighted by Gasteiger charge is -2.33. The molecule has 0 heterocycles. The lowest BCUT2D eigenvalue weighted by molar-refractivity contribution is -0.143. The molecule has 0 aromatic heterocycles. The summed E-state index contributed by atoms with van der Waals surface area (Å²) in [5, 5.41) is 4.19. The van der Waals surface area contributed by atoms with Crippen molar-refractivity contribution in [2.24, 2.45) is 0 Å². The summed E-state index contributed by atoms with van der Waals surface area (Å²) < 4.78 is 5.84. The molecule has 3 aromatic carbocycles. The van der Waals surface area contributed by atoms with Gasteiger partial charge in [-0.2, -0.15) is 0 Å². The molecule has 38 heavy (non-hydrogen) atoms. The van der Waals surface area contributed by atoms with Crippen molar-refractivity contribution in [1.82, 2.24) is 10.2 Å². The molecule has 5 nitrogen and oxygen atoms in total. The predicted molar refractivity (Wildman–Crippen MR) is 153 cm³/mol. The Kier molecular flexibility index (Phi) is 10.1. The van der Waals surface area contributed by atoms with Crippen molar-refractivity contribution in [3.8, 4) is 5.75 Å². The second-order valence-electron chi connectivity index (χ2n) is 9.91. The maximum atomic E-state index is 13.8. The molecule has 1 fully saturated rings. The van der Waals surface area contributed by atoms with Crippen molar-refractivity contribution in [3.05, 3.63) is 99.5 Å². The van der Waals surface area contributed by atoms with Crippen LogP contribution >= 0.6 is 23.2 Å². The number of carbonyl (C=O) groups is 2. The second-order valence-corrected chi connectivity index (χ2v) is 10.8. The van der Waals surface area contributed by atoms with Gasteiger partial charge >= 0.3 is 0 Å². The predicted octanol–water partition coefficient (Wildman–Crippen LogP) is 6.77. The van der Waals surface area contributed by atoms with Crippen LogP contribution in [-0.4, -0.2) is 35.4 Å². The molecular weight excluding hydrogens is 519 g/mol. The monoisotopic (exact) mass is 552 g/mol. The van der Waals surface area contributed by atoms with Crippen molar-refractivity contribution >= 4 is 35.0 Å². The van der Waals surface area contributed by atoms with E-state index in [9.17, 15) is 9.59 Å². The summed E-state index contributed by atoms with van der Waals surface area (Å²) in [5.74, 6) is 0.144. The van der Waals surface area contributed by atoms with Crippen molar-refractivity contribution in [3.63, 3.8) is 0 Å². The molecule has 4 rings (SSSR count). The average molecular weight is 554 g/mol. The summed E-state index contributed by atoms with van der Waals surface area (Å²) in [7, 11) is 0. The Labute approximate surface area is 235 Å². The number of rotatable bonds is 10. The van der Waals surface area contributed by atoms with Crippen molar-refractivity contribution in [2.75, 3.05) is 6.61 Å². The van der Waals surface area contributed by atoms with Crippen molar-refractivity contribution in [2.45, 2.75) is 64.1 Å². The number of benzene rings is 3. The molecule has 0 aliphatic heterocycles. The van der Waals surface area contributed by atoms with Crippen LogP contribution in [0.3, 0.4) is 0 Å². The first kappa shape index (κ1) is 28.0. The maximum Gasteiger partial charge on any atom is 0.261 e. The number of amides is 2. The second kappa shape index (κ2) is 13.7. The summed E-state index contributed by atoms with van der Waals surface area (Å²) in [6.07, 6.45) is 5.68. The Morgan fingerprint density at radius 3 is 2.37 bits per heavy atom. The van der Waals surface area contributed by atoms with Gasteiger partial charge < -0.3 is 15.0 Å². The number of nitrogens with zero attached hydrogens (tertiary/aromatic N) is 1. The van der Waals surface area contributed by atoms with E-state index in [2.05, 4.69) is 5.32 Å². The van der Waals surface area contributed by atoms with Gasteiger partial charge in [0.1, 0.15) is 11.8 Å². The molecule has 1 aliphatic rings. The molecule has 1 atom stereocenters. The van der Waals surface area contributed by atoms with E-state index in [0.29, 0.717) is 27.8 Å². The summed E-state index contributed by atoms with van der Waals surface area (Å²) >= 11 is 12.6. The van der Waals surface area contributed by atoms with E-state index in [1.54, 1.807) is 23.1 Å². The maximum absolute atomic E-state index is 13.8. The first-order valence-electron chi connectivity index (χ1n) is 13.2. The van der Waals surface area contributed by atoms with E-state index >= 15 is 0 Å². The molecule has 1 aliphatic carbocycles. The highest BCUT2D eigenvalue weighted by molar-refractivity contribution is 6.35. The molecule has 0 radical (unpaired) electrons. The molecule has 0 saturated heterocycles. The Hall–Kier alpha value is -3.02. The van der Waals surface area contributed by atoms with E-state index < -0.39 is 6.04 Å². The number of carbonyl (C=O) groups excluding carboxylic acids is 2. The number of ether oxygens (including phenoxy) is 1. The van der Waals surface area contributed by atoms with Crippen LogP contribution in [0.4, 0.5) is 0 Å². The Morgan fingerprint density at radius 2 is 1.68 bits per heavy atom. The number of halogens is 2. The van der Waals surface area contributed by atoms with Gasteiger partial charge in [0.25, 0.3) is 5.91 Å². The lowest BCUT2D eigenvalue weighted by Crippen LogP contribution is -2.53. The molecule has 200 valence electrons. The average Bonchev–Trinajstić information content (AvgIpc) is 2.92. The quantitative estimate of drug-likeness (QED) is 0.302. The molecule has 0 bridgehead atoms. The van der Waals surface area contributed by atoms with Gasteiger partial charge in [-0.05, 0) is 55.2 Å². The van der Waals surface area contributed by atoms with Crippen LogP contribution in [0.1, 0.15) is 48.8 Å². The minimum absolute atomic E-state index is 0.120.